The molecule has 0 spiro atoms. The fourth-order valence-electron chi connectivity index (χ4n) is 2.65. The van der Waals surface area contributed by atoms with Gasteiger partial charge >= 0.3 is 6.03 Å². The number of hydrogen-bond acceptors (Lipinski definition) is 4. The summed E-state index contributed by atoms with van der Waals surface area (Å²) in [6, 6.07) is 12.9. The third-order valence-corrected chi connectivity index (χ3v) is 4.99. The van der Waals surface area contributed by atoms with Crippen LogP contribution >= 0.6 is 11.8 Å². The van der Waals surface area contributed by atoms with E-state index < -0.39 is 6.03 Å². The molecule has 0 saturated heterocycles. The maximum absolute atomic E-state index is 12.1. The van der Waals surface area contributed by atoms with Gasteiger partial charge in [-0.15, -0.1) is 0 Å². The number of anilines is 1. The molecule has 0 atom stereocenters. The average molecular weight is 368 g/mol. The summed E-state index contributed by atoms with van der Waals surface area (Å²) in [6.45, 7) is 3.89. The smallest absolute Gasteiger partial charge is 0.322 e. The summed E-state index contributed by atoms with van der Waals surface area (Å²) in [5.41, 5.74) is 4.63. The van der Waals surface area contributed by atoms with Crippen LogP contribution in [0.15, 0.2) is 47.6 Å². The Kier molecular flexibility index (Phi) is 5.27. The number of aryl methyl sites for hydroxylation is 3. The van der Waals surface area contributed by atoms with E-state index in [2.05, 4.69) is 15.6 Å². The summed E-state index contributed by atoms with van der Waals surface area (Å²) in [5.74, 6) is -0.262. The van der Waals surface area contributed by atoms with Crippen molar-refractivity contribution in [3.63, 3.8) is 0 Å². The van der Waals surface area contributed by atoms with Crippen molar-refractivity contribution in [3.8, 4) is 0 Å². The van der Waals surface area contributed by atoms with Gasteiger partial charge in [-0.1, -0.05) is 41.6 Å². The summed E-state index contributed by atoms with van der Waals surface area (Å²) >= 11 is 1.29. The molecule has 2 N–H and O–H groups in total. The molecule has 0 aliphatic heterocycles. The minimum atomic E-state index is -0.535. The number of imidazole rings is 1. The number of imide groups is 1. The number of thioether (sulfide) groups is 1. The van der Waals surface area contributed by atoms with Gasteiger partial charge in [0.15, 0.2) is 5.16 Å². The quantitative estimate of drug-likeness (QED) is 0.690. The fourth-order valence-corrected chi connectivity index (χ4v) is 3.44. The maximum atomic E-state index is 12.1. The zero-order valence-electron chi connectivity index (χ0n) is 14.9. The number of nitrogens with one attached hydrogen (secondary N) is 2. The number of carbonyl (C=O) groups excluding carboxylic acids is 2. The number of nitrogens with zero attached hydrogens (tertiary/aromatic N) is 2. The summed E-state index contributed by atoms with van der Waals surface area (Å²) in [5, 5.41) is 5.78. The van der Waals surface area contributed by atoms with Crippen LogP contribution < -0.4 is 10.6 Å². The molecule has 0 aliphatic carbocycles. The number of urea groups is 1. The minimum Gasteiger partial charge on any atom is -0.322 e. The fraction of sp³-hybridized carbons (Fsp3) is 0.211. The van der Waals surface area contributed by atoms with Crippen molar-refractivity contribution in [2.75, 3.05) is 11.1 Å². The molecule has 0 saturated carbocycles. The van der Waals surface area contributed by atoms with Crippen LogP contribution in [0.1, 0.15) is 11.1 Å². The van der Waals surface area contributed by atoms with E-state index in [1.54, 1.807) is 0 Å². The Bertz CT molecular complexity index is 981. The standard InChI is InChI=1S/C19H20N4O2S/c1-12-8-9-14(13(2)10-12)20-18(25)22-17(24)11-26-19-21-15-6-4-5-7-16(15)23(19)3/h4-10H,11H2,1-3H3,(H2,20,22,24,25). The predicted octanol–water partition coefficient (Wildman–Crippen LogP) is 3.63. The number of para-hydroxylation sites is 2. The monoisotopic (exact) mass is 368 g/mol. The van der Waals surface area contributed by atoms with Crippen molar-refractivity contribution >= 4 is 40.4 Å². The van der Waals surface area contributed by atoms with Gasteiger partial charge in [-0.3, -0.25) is 10.1 Å². The molecule has 3 rings (SSSR count). The molecular formula is C19H20N4O2S. The second-order valence-corrected chi connectivity index (χ2v) is 6.99. The largest absolute Gasteiger partial charge is 0.325 e. The first-order chi connectivity index (χ1) is 12.4. The van der Waals surface area contributed by atoms with Gasteiger partial charge in [-0.2, -0.15) is 0 Å². The highest BCUT2D eigenvalue weighted by Crippen LogP contribution is 2.22. The van der Waals surface area contributed by atoms with Crippen LogP contribution in [0.25, 0.3) is 11.0 Å². The van der Waals surface area contributed by atoms with Crippen LogP contribution in [-0.4, -0.2) is 27.2 Å². The van der Waals surface area contributed by atoms with Crippen LogP contribution in [-0.2, 0) is 11.8 Å². The Morgan fingerprint density at radius 3 is 2.65 bits per heavy atom. The Labute approximate surface area is 156 Å². The molecule has 0 bridgehead atoms. The lowest BCUT2D eigenvalue weighted by Crippen LogP contribution is -2.35. The molecule has 0 fully saturated rings. The zero-order chi connectivity index (χ0) is 18.7. The van der Waals surface area contributed by atoms with E-state index >= 15 is 0 Å². The highest BCUT2D eigenvalue weighted by atomic mass is 32.2. The SMILES string of the molecule is Cc1ccc(NC(=O)NC(=O)CSc2nc3ccccc3n2C)c(C)c1. The van der Waals surface area contributed by atoms with E-state index in [-0.39, 0.29) is 11.7 Å². The molecule has 1 heterocycles. The van der Waals surface area contributed by atoms with Crippen molar-refractivity contribution in [2.24, 2.45) is 7.05 Å². The third kappa shape index (κ3) is 4.05. The first-order valence-corrected chi connectivity index (χ1v) is 9.15. The van der Waals surface area contributed by atoms with Crippen LogP contribution in [0.5, 0.6) is 0 Å². The van der Waals surface area contributed by atoms with E-state index in [0.29, 0.717) is 5.69 Å². The van der Waals surface area contributed by atoms with E-state index in [9.17, 15) is 9.59 Å². The highest BCUT2D eigenvalue weighted by molar-refractivity contribution is 7.99. The van der Waals surface area contributed by atoms with E-state index in [0.717, 1.165) is 27.3 Å². The van der Waals surface area contributed by atoms with Crippen molar-refractivity contribution in [2.45, 2.75) is 19.0 Å². The van der Waals surface area contributed by atoms with Gasteiger partial charge < -0.3 is 9.88 Å². The van der Waals surface area contributed by atoms with E-state index in [1.807, 2.05) is 67.9 Å². The van der Waals surface area contributed by atoms with Crippen molar-refractivity contribution in [1.82, 2.24) is 14.9 Å². The van der Waals surface area contributed by atoms with Crippen LogP contribution in [0.4, 0.5) is 10.5 Å². The first-order valence-electron chi connectivity index (χ1n) is 8.16. The molecule has 0 unspecified atom stereocenters. The Balaban J connectivity index is 1.56. The number of fused-ring (bicyclic) bond motifs is 1. The summed E-state index contributed by atoms with van der Waals surface area (Å²) in [7, 11) is 1.91. The summed E-state index contributed by atoms with van der Waals surface area (Å²) in [4.78, 5) is 28.6. The minimum absolute atomic E-state index is 0.109. The Hall–Kier alpha value is -2.80. The number of benzene rings is 2. The van der Waals surface area contributed by atoms with Crippen LogP contribution in [0.3, 0.4) is 0 Å². The Morgan fingerprint density at radius 1 is 1.15 bits per heavy atom. The molecule has 7 heteroatoms. The molecule has 0 aliphatic rings. The third-order valence-electron chi connectivity index (χ3n) is 3.96. The topological polar surface area (TPSA) is 76.0 Å². The van der Waals surface area contributed by atoms with Crippen molar-refractivity contribution < 1.29 is 9.59 Å². The average Bonchev–Trinajstić information content (AvgIpc) is 2.92. The van der Waals surface area contributed by atoms with Crippen molar-refractivity contribution in [1.29, 1.82) is 0 Å². The van der Waals surface area contributed by atoms with E-state index in [4.69, 9.17) is 0 Å². The molecule has 2 aromatic carbocycles. The maximum Gasteiger partial charge on any atom is 0.325 e. The molecule has 26 heavy (non-hydrogen) atoms. The lowest BCUT2D eigenvalue weighted by molar-refractivity contribution is -0.117. The summed E-state index contributed by atoms with van der Waals surface area (Å²) in [6.07, 6.45) is 0. The van der Waals surface area contributed by atoms with Crippen LogP contribution in [0.2, 0.25) is 0 Å². The van der Waals surface area contributed by atoms with Gasteiger partial charge in [-0.05, 0) is 37.6 Å². The first kappa shape index (κ1) is 18.0. The number of carbonyl (C=O) groups is 2. The number of hydrogen-bond donors (Lipinski definition) is 2. The second-order valence-electron chi connectivity index (χ2n) is 6.05. The zero-order valence-corrected chi connectivity index (χ0v) is 15.7. The van der Waals surface area contributed by atoms with Gasteiger partial charge in [0.1, 0.15) is 0 Å². The lowest BCUT2D eigenvalue weighted by Gasteiger charge is -2.09. The summed E-state index contributed by atoms with van der Waals surface area (Å²) < 4.78 is 1.93. The van der Waals surface area contributed by atoms with Gasteiger partial charge in [0.25, 0.3) is 0 Å². The van der Waals surface area contributed by atoms with E-state index in [1.165, 1.54) is 11.8 Å². The normalized spacial score (nSPS) is 10.7. The second kappa shape index (κ2) is 7.61. The number of aromatic nitrogens is 2. The molecule has 134 valence electrons. The van der Waals surface area contributed by atoms with Crippen molar-refractivity contribution in [3.05, 3.63) is 53.6 Å². The molecule has 3 amide bonds. The Morgan fingerprint density at radius 2 is 1.92 bits per heavy atom. The van der Waals surface area contributed by atoms with Gasteiger partial charge in [0, 0.05) is 12.7 Å². The number of rotatable bonds is 4. The molecular weight excluding hydrogens is 348 g/mol. The van der Waals surface area contributed by atoms with Gasteiger partial charge in [-0.25, -0.2) is 9.78 Å². The van der Waals surface area contributed by atoms with Crippen LogP contribution in [0, 0.1) is 13.8 Å². The molecule has 1 aromatic heterocycles. The lowest BCUT2D eigenvalue weighted by atomic mass is 10.1. The van der Waals surface area contributed by atoms with Gasteiger partial charge in [0.05, 0.1) is 16.8 Å². The van der Waals surface area contributed by atoms with Gasteiger partial charge in [0.2, 0.25) is 5.91 Å². The number of amides is 3. The highest BCUT2D eigenvalue weighted by Gasteiger charge is 2.13. The molecule has 6 nitrogen and oxygen atoms in total. The molecule has 3 aromatic rings. The predicted molar refractivity (Wildman–Crippen MR) is 105 cm³/mol. The molecule has 0 radical (unpaired) electrons.